The van der Waals surface area contributed by atoms with Gasteiger partial charge in [0.15, 0.2) is 5.16 Å². The molecule has 0 fully saturated rings. The molecule has 0 aliphatic carbocycles. The summed E-state index contributed by atoms with van der Waals surface area (Å²) in [6.45, 7) is 4.95. The molecular weight excluding hydrogens is 370 g/mol. The lowest BCUT2D eigenvalue weighted by molar-refractivity contribution is 0.380. The summed E-state index contributed by atoms with van der Waals surface area (Å²) in [5.41, 5.74) is 2.16. The summed E-state index contributed by atoms with van der Waals surface area (Å²) in [4.78, 5) is 4.55. The third-order valence-corrected chi connectivity index (χ3v) is 5.49. The van der Waals surface area contributed by atoms with Crippen LogP contribution in [-0.2, 0) is 13.0 Å². The first-order chi connectivity index (χ1) is 13.7. The second kappa shape index (κ2) is 8.39. The minimum atomic E-state index is -0.0240. The van der Waals surface area contributed by atoms with Crippen LogP contribution in [0.5, 0.6) is 0 Å². The Kier molecular flexibility index (Phi) is 5.53. The Morgan fingerprint density at radius 2 is 1.71 bits per heavy atom. The topological polar surface area (TPSA) is 69.6 Å². The first kappa shape index (κ1) is 18.4. The monoisotopic (exact) mass is 391 g/mol. The molecular formula is C21H21N5OS. The zero-order chi connectivity index (χ0) is 19.3. The van der Waals surface area contributed by atoms with Gasteiger partial charge >= 0.3 is 0 Å². The molecule has 7 heteroatoms. The zero-order valence-electron chi connectivity index (χ0n) is 15.8. The maximum atomic E-state index is 5.49. The molecule has 2 aromatic carbocycles. The average molecular weight is 392 g/mol. The molecule has 0 radical (unpaired) electrons. The molecule has 142 valence electrons. The lowest BCUT2D eigenvalue weighted by Gasteiger charge is -2.09. The van der Waals surface area contributed by atoms with Crippen molar-refractivity contribution in [3.05, 3.63) is 77.9 Å². The maximum absolute atomic E-state index is 5.49. The molecule has 0 spiro atoms. The van der Waals surface area contributed by atoms with Crippen molar-refractivity contribution in [2.45, 2.75) is 37.2 Å². The predicted octanol–water partition coefficient (Wildman–Crippen LogP) is 4.79. The number of thioether (sulfide) groups is 1. The Hall–Kier alpha value is -2.93. The van der Waals surface area contributed by atoms with Crippen LogP contribution in [0.25, 0.3) is 11.4 Å². The van der Waals surface area contributed by atoms with Gasteiger partial charge in [0, 0.05) is 18.5 Å². The Morgan fingerprint density at radius 1 is 1.00 bits per heavy atom. The molecule has 0 saturated heterocycles. The summed E-state index contributed by atoms with van der Waals surface area (Å²) in [6.07, 6.45) is 0.759. The summed E-state index contributed by atoms with van der Waals surface area (Å²) >= 11 is 1.58. The third-order valence-electron chi connectivity index (χ3n) is 4.42. The summed E-state index contributed by atoms with van der Waals surface area (Å²) in [5.74, 6) is 2.14. The van der Waals surface area contributed by atoms with E-state index in [1.165, 1.54) is 5.56 Å². The smallest absolute Gasteiger partial charge is 0.240 e. The van der Waals surface area contributed by atoms with Crippen molar-refractivity contribution >= 4 is 11.8 Å². The van der Waals surface area contributed by atoms with E-state index >= 15 is 0 Å². The van der Waals surface area contributed by atoms with Crippen LogP contribution in [0.1, 0.15) is 36.4 Å². The number of benzene rings is 2. The van der Waals surface area contributed by atoms with E-state index in [-0.39, 0.29) is 5.25 Å². The lowest BCUT2D eigenvalue weighted by Crippen LogP contribution is -2.04. The molecule has 0 aliphatic rings. The van der Waals surface area contributed by atoms with E-state index in [2.05, 4.69) is 44.0 Å². The second-order valence-electron chi connectivity index (χ2n) is 6.39. The van der Waals surface area contributed by atoms with Crippen molar-refractivity contribution in [2.75, 3.05) is 0 Å². The van der Waals surface area contributed by atoms with Gasteiger partial charge in [-0.1, -0.05) is 77.6 Å². The van der Waals surface area contributed by atoms with Gasteiger partial charge in [0.1, 0.15) is 5.82 Å². The van der Waals surface area contributed by atoms with Gasteiger partial charge in [-0.25, -0.2) is 0 Å². The Morgan fingerprint density at radius 3 is 2.43 bits per heavy atom. The Balaban J connectivity index is 1.50. The summed E-state index contributed by atoms with van der Waals surface area (Å²) < 4.78 is 7.63. The van der Waals surface area contributed by atoms with E-state index in [0.717, 1.165) is 29.5 Å². The minimum absolute atomic E-state index is 0.0240. The van der Waals surface area contributed by atoms with Crippen molar-refractivity contribution in [3.8, 4) is 11.4 Å². The van der Waals surface area contributed by atoms with Crippen LogP contribution >= 0.6 is 11.8 Å². The van der Waals surface area contributed by atoms with Gasteiger partial charge in [0.05, 0.1) is 5.25 Å². The van der Waals surface area contributed by atoms with Crippen molar-refractivity contribution in [1.29, 1.82) is 0 Å². The van der Waals surface area contributed by atoms with Gasteiger partial charge in [0.25, 0.3) is 0 Å². The lowest BCUT2D eigenvalue weighted by atomic mass is 10.1. The van der Waals surface area contributed by atoms with Crippen LogP contribution in [-0.4, -0.2) is 24.9 Å². The zero-order valence-corrected chi connectivity index (χ0v) is 16.6. The average Bonchev–Trinajstić information content (AvgIpc) is 3.37. The largest absolute Gasteiger partial charge is 0.338 e. The quantitative estimate of drug-likeness (QED) is 0.422. The number of nitrogens with zero attached hydrogens (tertiary/aromatic N) is 5. The third kappa shape index (κ3) is 3.99. The van der Waals surface area contributed by atoms with Gasteiger partial charge < -0.3 is 9.09 Å². The number of aromatic nitrogens is 5. The fourth-order valence-corrected chi connectivity index (χ4v) is 3.91. The van der Waals surface area contributed by atoms with Crippen LogP contribution in [0.2, 0.25) is 0 Å². The molecule has 0 saturated carbocycles. The molecule has 6 nitrogen and oxygen atoms in total. The highest BCUT2D eigenvalue weighted by atomic mass is 32.2. The molecule has 0 aliphatic heterocycles. The second-order valence-corrected chi connectivity index (χ2v) is 7.70. The number of hydrogen-bond acceptors (Lipinski definition) is 6. The van der Waals surface area contributed by atoms with Gasteiger partial charge in [-0.05, 0) is 19.4 Å². The predicted molar refractivity (Wildman–Crippen MR) is 109 cm³/mol. The van der Waals surface area contributed by atoms with Crippen molar-refractivity contribution in [3.63, 3.8) is 0 Å². The van der Waals surface area contributed by atoms with E-state index in [0.29, 0.717) is 11.7 Å². The summed E-state index contributed by atoms with van der Waals surface area (Å²) in [7, 11) is 0. The maximum Gasteiger partial charge on any atom is 0.240 e. The van der Waals surface area contributed by atoms with Gasteiger partial charge in [-0.2, -0.15) is 4.98 Å². The molecule has 2 aromatic heterocycles. The Bertz CT molecular complexity index is 1030. The highest BCUT2D eigenvalue weighted by Gasteiger charge is 2.20. The van der Waals surface area contributed by atoms with Crippen LogP contribution in [0.4, 0.5) is 0 Å². The molecule has 4 rings (SSSR count). The number of rotatable bonds is 7. The van der Waals surface area contributed by atoms with E-state index in [1.807, 2.05) is 55.5 Å². The fourth-order valence-electron chi connectivity index (χ4n) is 2.95. The van der Waals surface area contributed by atoms with Crippen molar-refractivity contribution in [2.24, 2.45) is 0 Å². The van der Waals surface area contributed by atoms with E-state index < -0.39 is 0 Å². The van der Waals surface area contributed by atoms with Gasteiger partial charge in [-0.3, -0.25) is 0 Å². The molecule has 1 atom stereocenters. The van der Waals surface area contributed by atoms with Gasteiger partial charge in [-0.15, -0.1) is 10.2 Å². The first-order valence-electron chi connectivity index (χ1n) is 9.26. The van der Waals surface area contributed by atoms with Crippen molar-refractivity contribution < 1.29 is 4.52 Å². The van der Waals surface area contributed by atoms with Crippen LogP contribution < -0.4 is 0 Å². The van der Waals surface area contributed by atoms with Gasteiger partial charge in [0.2, 0.25) is 11.7 Å². The SMILES string of the molecule is CCn1c(Cc2ccccc2)nnc1SC(C)c1nc(-c2ccccc2)no1. The highest BCUT2D eigenvalue weighted by molar-refractivity contribution is 7.99. The van der Waals surface area contributed by atoms with Crippen LogP contribution in [0, 0.1) is 0 Å². The molecule has 1 unspecified atom stereocenters. The molecule has 4 aromatic rings. The van der Waals surface area contributed by atoms with Crippen LogP contribution in [0.15, 0.2) is 70.3 Å². The van der Waals surface area contributed by atoms with Crippen LogP contribution in [0.3, 0.4) is 0 Å². The number of hydrogen-bond donors (Lipinski definition) is 0. The minimum Gasteiger partial charge on any atom is -0.338 e. The molecule has 0 bridgehead atoms. The highest BCUT2D eigenvalue weighted by Crippen LogP contribution is 2.34. The summed E-state index contributed by atoms with van der Waals surface area (Å²) in [5, 5.41) is 13.8. The molecule has 2 heterocycles. The molecule has 0 N–H and O–H groups in total. The van der Waals surface area contributed by atoms with E-state index in [4.69, 9.17) is 4.52 Å². The fraction of sp³-hybridized carbons (Fsp3) is 0.238. The normalized spacial score (nSPS) is 12.2. The van der Waals surface area contributed by atoms with Crippen molar-refractivity contribution in [1.82, 2.24) is 24.9 Å². The van der Waals surface area contributed by atoms with E-state index in [9.17, 15) is 0 Å². The summed E-state index contributed by atoms with van der Waals surface area (Å²) in [6, 6.07) is 20.1. The first-order valence-corrected chi connectivity index (χ1v) is 10.1. The Labute approximate surface area is 168 Å². The van der Waals surface area contributed by atoms with E-state index in [1.54, 1.807) is 11.8 Å². The standard InChI is InChI=1S/C21H21N5OS/c1-3-26-18(14-16-10-6-4-7-11-16)23-24-21(26)28-15(2)20-22-19(25-27-20)17-12-8-5-9-13-17/h4-13,15H,3,14H2,1-2H3. The molecule has 0 amide bonds. The molecule has 28 heavy (non-hydrogen) atoms.